The molecular formula is C17H12BrF2NO2. The van der Waals surface area contributed by atoms with Crippen molar-refractivity contribution in [1.82, 2.24) is 0 Å². The largest absolute Gasteiger partial charge is 0.450 e. The number of anilines is 1. The molecule has 0 atom stereocenters. The fraction of sp³-hybridized carbons (Fsp3) is 0.118. The molecule has 1 amide bonds. The standard InChI is InChI=1S/C17H12BrF2NO2/c1-2-21(11-6-7-13(19)14(20)9-11)17(22)15-8-10-4-3-5-12(18)16(10)23-15/h3-9H,2H2,1H3. The highest BCUT2D eigenvalue weighted by Gasteiger charge is 2.21. The molecule has 3 rings (SSSR count). The van der Waals surface area contributed by atoms with Gasteiger partial charge >= 0.3 is 0 Å². The highest BCUT2D eigenvalue weighted by atomic mass is 79.9. The van der Waals surface area contributed by atoms with Gasteiger partial charge in [0.25, 0.3) is 5.91 Å². The minimum atomic E-state index is -0.999. The van der Waals surface area contributed by atoms with Crippen LogP contribution in [-0.2, 0) is 0 Å². The third kappa shape index (κ3) is 2.86. The highest BCUT2D eigenvalue weighted by Crippen LogP contribution is 2.28. The van der Waals surface area contributed by atoms with E-state index in [9.17, 15) is 13.6 Å². The first-order valence-corrected chi connectivity index (χ1v) is 7.75. The van der Waals surface area contributed by atoms with Gasteiger partial charge in [-0.15, -0.1) is 0 Å². The number of rotatable bonds is 3. The van der Waals surface area contributed by atoms with E-state index < -0.39 is 17.5 Å². The van der Waals surface area contributed by atoms with Crippen molar-refractivity contribution in [1.29, 1.82) is 0 Å². The average Bonchev–Trinajstić information content (AvgIpc) is 2.97. The summed E-state index contributed by atoms with van der Waals surface area (Å²) in [7, 11) is 0. The summed E-state index contributed by atoms with van der Waals surface area (Å²) in [4.78, 5) is 14.0. The molecule has 0 radical (unpaired) electrons. The van der Waals surface area contributed by atoms with Gasteiger partial charge in [-0.1, -0.05) is 12.1 Å². The summed E-state index contributed by atoms with van der Waals surface area (Å²) >= 11 is 3.37. The van der Waals surface area contributed by atoms with Crippen molar-refractivity contribution in [3.63, 3.8) is 0 Å². The van der Waals surface area contributed by atoms with Crippen LogP contribution in [0.2, 0.25) is 0 Å². The zero-order chi connectivity index (χ0) is 16.6. The number of hydrogen-bond acceptors (Lipinski definition) is 2. The number of nitrogens with zero attached hydrogens (tertiary/aromatic N) is 1. The van der Waals surface area contributed by atoms with Crippen LogP contribution in [0, 0.1) is 11.6 Å². The van der Waals surface area contributed by atoms with Crippen molar-refractivity contribution in [3.05, 3.63) is 64.3 Å². The van der Waals surface area contributed by atoms with E-state index in [0.29, 0.717) is 12.1 Å². The number of fused-ring (bicyclic) bond motifs is 1. The van der Waals surface area contributed by atoms with Crippen LogP contribution >= 0.6 is 15.9 Å². The average molecular weight is 380 g/mol. The molecule has 1 aromatic heterocycles. The van der Waals surface area contributed by atoms with E-state index in [1.165, 1.54) is 11.0 Å². The van der Waals surface area contributed by atoms with E-state index >= 15 is 0 Å². The minimum Gasteiger partial charge on any atom is -0.450 e. The lowest BCUT2D eigenvalue weighted by molar-refractivity contribution is 0.0963. The van der Waals surface area contributed by atoms with Gasteiger partial charge in [-0.3, -0.25) is 4.79 Å². The number of carbonyl (C=O) groups is 1. The van der Waals surface area contributed by atoms with Crippen molar-refractivity contribution in [2.24, 2.45) is 0 Å². The van der Waals surface area contributed by atoms with Crippen LogP contribution in [0.25, 0.3) is 11.0 Å². The number of benzene rings is 2. The number of carbonyl (C=O) groups excluding carboxylic acids is 1. The molecule has 0 saturated heterocycles. The molecule has 6 heteroatoms. The van der Waals surface area contributed by atoms with E-state index in [2.05, 4.69) is 15.9 Å². The second kappa shape index (κ2) is 6.12. The van der Waals surface area contributed by atoms with E-state index in [4.69, 9.17) is 4.42 Å². The summed E-state index contributed by atoms with van der Waals surface area (Å²) in [6.07, 6.45) is 0. The van der Waals surface area contributed by atoms with Crippen LogP contribution in [0.1, 0.15) is 17.5 Å². The van der Waals surface area contributed by atoms with Gasteiger partial charge in [0.05, 0.1) is 4.47 Å². The van der Waals surface area contributed by atoms with Crippen LogP contribution in [0.5, 0.6) is 0 Å². The zero-order valence-corrected chi connectivity index (χ0v) is 13.7. The Bertz CT molecular complexity index is 891. The fourth-order valence-electron chi connectivity index (χ4n) is 2.36. The predicted molar refractivity (Wildman–Crippen MR) is 87.6 cm³/mol. The van der Waals surface area contributed by atoms with Gasteiger partial charge in [0.2, 0.25) is 0 Å². The zero-order valence-electron chi connectivity index (χ0n) is 12.1. The first-order chi connectivity index (χ1) is 11.0. The summed E-state index contributed by atoms with van der Waals surface area (Å²) in [5, 5.41) is 0.782. The Morgan fingerprint density at radius 3 is 2.61 bits per heavy atom. The van der Waals surface area contributed by atoms with Crippen molar-refractivity contribution >= 4 is 38.5 Å². The number of para-hydroxylation sites is 1. The van der Waals surface area contributed by atoms with E-state index in [1.54, 1.807) is 13.0 Å². The van der Waals surface area contributed by atoms with Gasteiger partial charge in [-0.25, -0.2) is 8.78 Å². The highest BCUT2D eigenvalue weighted by molar-refractivity contribution is 9.10. The summed E-state index contributed by atoms with van der Waals surface area (Å²) in [6.45, 7) is 2.04. The second-order valence-corrected chi connectivity index (χ2v) is 5.77. The molecule has 0 spiro atoms. The summed E-state index contributed by atoms with van der Waals surface area (Å²) < 4.78 is 32.8. The lowest BCUT2D eigenvalue weighted by atomic mass is 10.2. The van der Waals surface area contributed by atoms with Crippen LogP contribution in [0.4, 0.5) is 14.5 Å². The minimum absolute atomic E-state index is 0.137. The van der Waals surface area contributed by atoms with Crippen molar-refractivity contribution in [3.8, 4) is 0 Å². The van der Waals surface area contributed by atoms with E-state index in [-0.39, 0.29) is 11.4 Å². The van der Waals surface area contributed by atoms with Crippen LogP contribution < -0.4 is 4.90 Å². The number of amides is 1. The molecule has 1 heterocycles. The number of furan rings is 1. The Balaban J connectivity index is 2.01. The van der Waals surface area contributed by atoms with E-state index in [0.717, 1.165) is 22.0 Å². The molecule has 0 aliphatic rings. The first kappa shape index (κ1) is 15.7. The Morgan fingerprint density at radius 1 is 1.17 bits per heavy atom. The molecule has 3 nitrogen and oxygen atoms in total. The Labute approximate surface area is 139 Å². The number of hydrogen-bond donors (Lipinski definition) is 0. The third-order valence-electron chi connectivity index (χ3n) is 3.48. The van der Waals surface area contributed by atoms with Crippen LogP contribution in [0.15, 0.2) is 51.4 Å². The van der Waals surface area contributed by atoms with Crippen molar-refractivity contribution in [2.45, 2.75) is 6.92 Å². The molecule has 0 aliphatic heterocycles. The fourth-order valence-corrected chi connectivity index (χ4v) is 2.82. The van der Waals surface area contributed by atoms with Crippen molar-refractivity contribution < 1.29 is 18.0 Å². The van der Waals surface area contributed by atoms with Gasteiger partial charge in [0.15, 0.2) is 17.4 Å². The maximum atomic E-state index is 13.4. The third-order valence-corrected chi connectivity index (χ3v) is 4.11. The van der Waals surface area contributed by atoms with E-state index in [1.807, 2.05) is 18.2 Å². The Hall–Kier alpha value is -2.21. The molecule has 3 aromatic rings. The summed E-state index contributed by atoms with van der Waals surface area (Å²) in [6, 6.07) is 10.5. The predicted octanol–water partition coefficient (Wildman–Crippen LogP) is 5.14. The Kier molecular flexibility index (Phi) is 4.17. The smallest absolute Gasteiger partial charge is 0.294 e. The van der Waals surface area contributed by atoms with Gasteiger partial charge in [0.1, 0.15) is 5.58 Å². The molecular weight excluding hydrogens is 368 g/mol. The normalized spacial score (nSPS) is 11.0. The molecule has 0 fully saturated rings. The molecule has 2 aromatic carbocycles. The summed E-state index contributed by atoms with van der Waals surface area (Å²) in [5.74, 6) is -2.23. The van der Waals surface area contributed by atoms with Crippen LogP contribution in [-0.4, -0.2) is 12.5 Å². The van der Waals surface area contributed by atoms with Crippen molar-refractivity contribution in [2.75, 3.05) is 11.4 Å². The maximum Gasteiger partial charge on any atom is 0.294 e. The molecule has 0 aliphatic carbocycles. The molecule has 0 bridgehead atoms. The Morgan fingerprint density at radius 2 is 1.96 bits per heavy atom. The molecule has 118 valence electrons. The van der Waals surface area contributed by atoms with Gasteiger partial charge < -0.3 is 9.32 Å². The maximum absolute atomic E-state index is 13.4. The second-order valence-electron chi connectivity index (χ2n) is 4.92. The molecule has 0 unspecified atom stereocenters. The lowest BCUT2D eigenvalue weighted by Gasteiger charge is -2.19. The first-order valence-electron chi connectivity index (χ1n) is 6.96. The SMILES string of the molecule is CCN(C(=O)c1cc2cccc(Br)c2o1)c1ccc(F)c(F)c1. The van der Waals surface area contributed by atoms with Gasteiger partial charge in [-0.2, -0.15) is 0 Å². The van der Waals surface area contributed by atoms with Gasteiger partial charge in [-0.05, 0) is 47.1 Å². The summed E-state index contributed by atoms with van der Waals surface area (Å²) in [5.41, 5.74) is 0.841. The lowest BCUT2D eigenvalue weighted by Crippen LogP contribution is -2.30. The molecule has 0 N–H and O–H groups in total. The molecule has 23 heavy (non-hydrogen) atoms. The topological polar surface area (TPSA) is 33.5 Å². The van der Waals surface area contributed by atoms with Gasteiger partial charge in [0, 0.05) is 23.7 Å². The molecule has 0 saturated carbocycles. The number of halogens is 3. The monoisotopic (exact) mass is 379 g/mol. The van der Waals surface area contributed by atoms with Crippen LogP contribution in [0.3, 0.4) is 0 Å². The quantitative estimate of drug-likeness (QED) is 0.631.